The first-order valence-corrected chi connectivity index (χ1v) is 17.6. The number of rotatable bonds is 17. The van der Waals surface area contributed by atoms with Crippen molar-refractivity contribution in [3.05, 3.63) is 60.3 Å². The summed E-state index contributed by atoms with van der Waals surface area (Å²) in [7, 11) is 0.286. The van der Waals surface area contributed by atoms with Gasteiger partial charge in [0.05, 0.1) is 23.7 Å². The Morgan fingerprint density at radius 1 is 0.867 bits per heavy atom. The van der Waals surface area contributed by atoms with Crippen LogP contribution < -0.4 is 9.64 Å². The van der Waals surface area contributed by atoms with Gasteiger partial charge in [0, 0.05) is 95.2 Å². The Balaban J connectivity index is 1.28. The maximum atomic E-state index is 14.1. The first-order chi connectivity index (χ1) is 21.7. The molecule has 0 radical (unpaired) electrons. The van der Waals surface area contributed by atoms with Crippen molar-refractivity contribution in [2.75, 3.05) is 84.6 Å². The summed E-state index contributed by atoms with van der Waals surface area (Å²) in [6.45, 7) is 11.1. The van der Waals surface area contributed by atoms with Crippen molar-refractivity contribution < 1.29 is 22.7 Å². The van der Waals surface area contributed by atoms with Crippen LogP contribution in [-0.2, 0) is 14.8 Å². The number of unbranched alkanes of at least 4 members (excludes halogenated alkanes) is 2. The minimum absolute atomic E-state index is 0.328. The van der Waals surface area contributed by atoms with Crippen molar-refractivity contribution in [3.63, 3.8) is 0 Å². The second-order valence-electron chi connectivity index (χ2n) is 11.6. The van der Waals surface area contributed by atoms with Gasteiger partial charge in [-0.3, -0.25) is 4.90 Å². The molecule has 0 atom stereocenters. The van der Waals surface area contributed by atoms with Crippen molar-refractivity contribution in [2.45, 2.75) is 44.4 Å². The van der Waals surface area contributed by atoms with Crippen LogP contribution in [0.15, 0.2) is 59.6 Å². The molecule has 2 aromatic carbocycles. The lowest BCUT2D eigenvalue weighted by Crippen LogP contribution is -2.49. The standard InChI is InChI=1S/C34H49N5O5S/c1-5-7-10-19-39(45(41,42)32-16-15-31(36(3)4)29-12-8-9-13-30(29)32)25-24-38-22-20-37(21-23-38)18-11-26-44-33-17-14-28(27-35-33)34(40)43-6-2/h8-9,12-17,27H,5-7,10-11,18-26H2,1-4H3. The average molecular weight is 640 g/mol. The molecule has 1 saturated heterocycles. The Bertz CT molecular complexity index is 1470. The zero-order chi connectivity index (χ0) is 32.2. The van der Waals surface area contributed by atoms with Gasteiger partial charge in [-0.15, -0.1) is 0 Å². The predicted molar refractivity (Wildman–Crippen MR) is 180 cm³/mol. The number of aromatic nitrogens is 1. The number of carbonyl (C=O) groups is 1. The van der Waals surface area contributed by atoms with E-state index in [2.05, 4.69) is 21.7 Å². The normalized spacial score (nSPS) is 14.6. The van der Waals surface area contributed by atoms with E-state index in [-0.39, 0.29) is 5.97 Å². The number of nitrogens with zero attached hydrogens (tertiary/aromatic N) is 5. The van der Waals surface area contributed by atoms with Crippen LogP contribution in [0.4, 0.5) is 5.69 Å². The molecule has 0 bridgehead atoms. The van der Waals surface area contributed by atoms with Crippen LogP contribution in [0.5, 0.6) is 5.88 Å². The summed E-state index contributed by atoms with van der Waals surface area (Å²) in [5.74, 6) is 0.109. The molecule has 11 heteroatoms. The summed E-state index contributed by atoms with van der Waals surface area (Å²) in [6, 6.07) is 14.8. The molecule has 0 amide bonds. The lowest BCUT2D eigenvalue weighted by molar-refractivity contribution is 0.0525. The van der Waals surface area contributed by atoms with Gasteiger partial charge in [0.2, 0.25) is 15.9 Å². The molecule has 10 nitrogen and oxygen atoms in total. The topological polar surface area (TPSA) is 95.5 Å². The number of carbonyl (C=O) groups excluding carboxylic acids is 1. The molecular weight excluding hydrogens is 590 g/mol. The largest absolute Gasteiger partial charge is 0.478 e. The van der Waals surface area contributed by atoms with Gasteiger partial charge in [0.25, 0.3) is 0 Å². The van der Waals surface area contributed by atoms with Gasteiger partial charge in [-0.05, 0) is 38.0 Å². The minimum Gasteiger partial charge on any atom is -0.478 e. The smallest absolute Gasteiger partial charge is 0.339 e. The van der Waals surface area contributed by atoms with Crippen molar-refractivity contribution in [1.29, 1.82) is 0 Å². The van der Waals surface area contributed by atoms with Crippen LogP contribution in [0.3, 0.4) is 0 Å². The maximum Gasteiger partial charge on any atom is 0.339 e. The molecule has 0 aliphatic carbocycles. The van der Waals surface area contributed by atoms with E-state index in [4.69, 9.17) is 9.47 Å². The van der Waals surface area contributed by atoms with Crippen LogP contribution in [0.2, 0.25) is 0 Å². The molecule has 0 saturated carbocycles. The highest BCUT2D eigenvalue weighted by molar-refractivity contribution is 7.89. The lowest BCUT2D eigenvalue weighted by Gasteiger charge is -2.35. The Hall–Kier alpha value is -3.25. The minimum atomic E-state index is -3.67. The molecule has 1 aromatic heterocycles. The van der Waals surface area contributed by atoms with E-state index in [1.165, 1.54) is 6.20 Å². The van der Waals surface area contributed by atoms with E-state index in [1.54, 1.807) is 29.4 Å². The quantitative estimate of drug-likeness (QED) is 0.153. The third-order valence-electron chi connectivity index (χ3n) is 8.22. The Morgan fingerprint density at radius 3 is 2.22 bits per heavy atom. The number of sulfonamides is 1. The number of anilines is 1. The number of piperazine rings is 1. The number of pyridine rings is 1. The molecule has 1 fully saturated rings. The van der Waals surface area contributed by atoms with Gasteiger partial charge in [-0.2, -0.15) is 4.31 Å². The molecule has 2 heterocycles. The third kappa shape index (κ3) is 9.38. The predicted octanol–water partition coefficient (Wildman–Crippen LogP) is 4.75. The highest BCUT2D eigenvalue weighted by atomic mass is 32.2. The molecule has 0 N–H and O–H groups in total. The fourth-order valence-electron chi connectivity index (χ4n) is 5.66. The number of benzene rings is 2. The molecule has 3 aromatic rings. The summed E-state index contributed by atoms with van der Waals surface area (Å²) < 4.78 is 40.7. The maximum absolute atomic E-state index is 14.1. The van der Waals surface area contributed by atoms with E-state index in [0.717, 1.165) is 74.9 Å². The first kappa shape index (κ1) is 34.6. The second-order valence-corrected chi connectivity index (χ2v) is 13.5. The van der Waals surface area contributed by atoms with E-state index in [9.17, 15) is 13.2 Å². The van der Waals surface area contributed by atoms with Gasteiger partial charge in [0.1, 0.15) is 0 Å². The van der Waals surface area contributed by atoms with Crippen LogP contribution in [0.1, 0.15) is 49.9 Å². The van der Waals surface area contributed by atoms with E-state index in [0.29, 0.717) is 49.2 Å². The fraction of sp³-hybridized carbons (Fsp3) is 0.529. The summed E-state index contributed by atoms with van der Waals surface area (Å²) in [6.07, 6.45) is 5.24. The van der Waals surface area contributed by atoms with Crippen LogP contribution in [-0.4, -0.2) is 113 Å². The SMILES string of the molecule is CCCCCN(CCN1CCN(CCCOc2ccc(C(=O)OCC)cn2)CC1)S(=O)(=O)c1ccc(N(C)C)c2ccccc12. The number of hydrogen-bond acceptors (Lipinski definition) is 9. The number of hydrogen-bond donors (Lipinski definition) is 0. The molecule has 0 unspecified atom stereocenters. The van der Waals surface area contributed by atoms with Crippen molar-refractivity contribution in [3.8, 4) is 5.88 Å². The highest BCUT2D eigenvalue weighted by Gasteiger charge is 2.28. The van der Waals surface area contributed by atoms with E-state index < -0.39 is 10.0 Å². The highest BCUT2D eigenvalue weighted by Crippen LogP contribution is 2.32. The van der Waals surface area contributed by atoms with Crippen LogP contribution in [0, 0.1) is 0 Å². The Kier molecular flexibility index (Phi) is 13.0. The van der Waals surface area contributed by atoms with Gasteiger partial charge >= 0.3 is 5.97 Å². The summed E-state index contributed by atoms with van der Waals surface area (Å²) in [5.41, 5.74) is 1.42. The summed E-state index contributed by atoms with van der Waals surface area (Å²) in [5, 5.41) is 1.72. The monoisotopic (exact) mass is 639 g/mol. The van der Waals surface area contributed by atoms with Crippen molar-refractivity contribution in [1.82, 2.24) is 19.1 Å². The van der Waals surface area contributed by atoms with Gasteiger partial charge < -0.3 is 19.3 Å². The zero-order valence-electron chi connectivity index (χ0n) is 27.3. The van der Waals surface area contributed by atoms with Crippen molar-refractivity contribution >= 4 is 32.5 Å². The third-order valence-corrected chi connectivity index (χ3v) is 10.2. The average Bonchev–Trinajstić information content (AvgIpc) is 3.05. The zero-order valence-corrected chi connectivity index (χ0v) is 28.1. The van der Waals surface area contributed by atoms with E-state index in [1.807, 2.05) is 49.3 Å². The van der Waals surface area contributed by atoms with Gasteiger partial charge in [0.15, 0.2) is 0 Å². The Labute approximate surface area is 269 Å². The fourth-order valence-corrected chi connectivity index (χ4v) is 7.32. The molecule has 45 heavy (non-hydrogen) atoms. The number of fused-ring (bicyclic) bond motifs is 1. The van der Waals surface area contributed by atoms with Gasteiger partial charge in [-0.25, -0.2) is 18.2 Å². The second kappa shape index (κ2) is 16.9. The van der Waals surface area contributed by atoms with Crippen LogP contribution in [0.25, 0.3) is 10.8 Å². The molecule has 0 spiro atoms. The van der Waals surface area contributed by atoms with E-state index >= 15 is 0 Å². The van der Waals surface area contributed by atoms with Gasteiger partial charge in [-0.1, -0.05) is 44.0 Å². The number of esters is 1. The molecular formula is C34H49N5O5S. The molecule has 1 aliphatic heterocycles. The number of ether oxygens (including phenoxy) is 2. The Morgan fingerprint density at radius 2 is 1.58 bits per heavy atom. The molecule has 1 aliphatic rings. The summed E-state index contributed by atoms with van der Waals surface area (Å²) >= 11 is 0. The van der Waals surface area contributed by atoms with Crippen molar-refractivity contribution in [2.24, 2.45) is 0 Å². The lowest BCUT2D eigenvalue weighted by atomic mass is 10.1. The summed E-state index contributed by atoms with van der Waals surface area (Å²) in [4.78, 5) is 23.2. The first-order valence-electron chi connectivity index (χ1n) is 16.1. The molecule has 246 valence electrons. The van der Waals surface area contributed by atoms with Crippen LogP contribution >= 0.6 is 0 Å². The molecule has 4 rings (SSSR count).